The number of amides is 3. The zero-order valence-corrected chi connectivity index (χ0v) is 15.6. The van der Waals surface area contributed by atoms with E-state index in [0.29, 0.717) is 6.42 Å². The van der Waals surface area contributed by atoms with E-state index in [9.17, 15) is 19.2 Å². The van der Waals surface area contributed by atoms with Crippen LogP contribution in [0.4, 0.5) is 0 Å². The summed E-state index contributed by atoms with van der Waals surface area (Å²) in [5.74, 6) is -3.65. The lowest BCUT2D eigenvalue weighted by atomic mass is 9.99. The summed E-state index contributed by atoms with van der Waals surface area (Å²) in [5.41, 5.74) is 5.40. The van der Waals surface area contributed by atoms with Crippen LogP contribution < -0.4 is 21.7 Å². The van der Waals surface area contributed by atoms with Crippen molar-refractivity contribution in [3.8, 4) is 0 Å². The molecule has 0 aliphatic carbocycles. The summed E-state index contributed by atoms with van der Waals surface area (Å²) in [6.07, 6.45) is 0.566. The van der Waals surface area contributed by atoms with Crippen molar-refractivity contribution in [1.82, 2.24) is 16.0 Å². The number of carboxylic acids is 1. The summed E-state index contributed by atoms with van der Waals surface area (Å²) in [4.78, 5) is 47.1. The Labute approximate surface area is 152 Å². The van der Waals surface area contributed by atoms with Crippen LogP contribution in [0.3, 0.4) is 0 Å². The van der Waals surface area contributed by atoms with E-state index in [-0.39, 0.29) is 11.8 Å². The van der Waals surface area contributed by atoms with Gasteiger partial charge in [-0.3, -0.25) is 14.4 Å². The van der Waals surface area contributed by atoms with Gasteiger partial charge in [-0.15, -0.1) is 0 Å². The number of nitrogens with two attached hydrogens (primary N) is 1. The molecular formula is C16H30N4O6. The average molecular weight is 374 g/mol. The van der Waals surface area contributed by atoms with Crippen molar-refractivity contribution in [3.63, 3.8) is 0 Å². The van der Waals surface area contributed by atoms with Gasteiger partial charge in [-0.25, -0.2) is 4.79 Å². The molecule has 0 aliphatic heterocycles. The second kappa shape index (κ2) is 11.4. The largest absolute Gasteiger partial charge is 0.480 e. The minimum Gasteiger partial charge on any atom is -0.480 e. The maximum absolute atomic E-state index is 12.2. The first-order valence-electron chi connectivity index (χ1n) is 8.51. The number of aliphatic carboxylic acids is 1. The molecule has 0 heterocycles. The summed E-state index contributed by atoms with van der Waals surface area (Å²) in [6.45, 7) is 5.90. The van der Waals surface area contributed by atoms with Crippen molar-refractivity contribution in [2.24, 2.45) is 17.6 Å². The van der Waals surface area contributed by atoms with E-state index >= 15 is 0 Å². The fourth-order valence-corrected chi connectivity index (χ4v) is 2.06. The van der Waals surface area contributed by atoms with Gasteiger partial charge in [0, 0.05) is 0 Å². The second-order valence-corrected chi connectivity index (χ2v) is 6.51. The average Bonchev–Trinajstić information content (AvgIpc) is 2.59. The van der Waals surface area contributed by atoms with Gasteiger partial charge < -0.3 is 31.9 Å². The van der Waals surface area contributed by atoms with Crippen molar-refractivity contribution in [3.05, 3.63) is 0 Å². The minimum atomic E-state index is -1.15. The summed E-state index contributed by atoms with van der Waals surface area (Å²) < 4.78 is 0. The molecule has 4 unspecified atom stereocenters. The molecule has 26 heavy (non-hydrogen) atoms. The summed E-state index contributed by atoms with van der Waals surface area (Å²) in [5, 5.41) is 25.2. The highest BCUT2D eigenvalue weighted by molar-refractivity contribution is 5.92. The quantitative estimate of drug-likeness (QED) is 0.247. The highest BCUT2D eigenvalue weighted by atomic mass is 16.4. The SMILES string of the molecule is CCC(C)C(NC(=O)CNC(=O)C(NC(=O)C(N)CO)C(C)C)C(=O)O. The van der Waals surface area contributed by atoms with Crippen LogP contribution >= 0.6 is 0 Å². The second-order valence-electron chi connectivity index (χ2n) is 6.51. The molecule has 0 aromatic rings. The number of hydrogen-bond donors (Lipinski definition) is 6. The van der Waals surface area contributed by atoms with Gasteiger partial charge in [0.1, 0.15) is 18.1 Å². The molecule has 0 saturated heterocycles. The first-order valence-corrected chi connectivity index (χ1v) is 8.51. The van der Waals surface area contributed by atoms with Gasteiger partial charge >= 0.3 is 5.97 Å². The molecule has 7 N–H and O–H groups in total. The molecule has 0 aliphatic rings. The molecule has 10 nitrogen and oxygen atoms in total. The number of aliphatic hydroxyl groups is 1. The third kappa shape index (κ3) is 7.79. The van der Waals surface area contributed by atoms with Gasteiger partial charge in [0.2, 0.25) is 17.7 Å². The number of rotatable bonds is 11. The van der Waals surface area contributed by atoms with Gasteiger partial charge in [0.15, 0.2) is 0 Å². The monoisotopic (exact) mass is 374 g/mol. The van der Waals surface area contributed by atoms with E-state index in [1.165, 1.54) is 0 Å². The van der Waals surface area contributed by atoms with E-state index in [4.69, 9.17) is 15.9 Å². The molecular weight excluding hydrogens is 344 g/mol. The zero-order chi connectivity index (χ0) is 20.4. The summed E-state index contributed by atoms with van der Waals surface area (Å²) >= 11 is 0. The van der Waals surface area contributed by atoms with Crippen LogP contribution in [0.15, 0.2) is 0 Å². The number of carbonyl (C=O) groups is 4. The maximum atomic E-state index is 12.2. The molecule has 10 heteroatoms. The molecule has 0 aromatic carbocycles. The van der Waals surface area contributed by atoms with Gasteiger partial charge in [0.25, 0.3) is 0 Å². The van der Waals surface area contributed by atoms with E-state index in [1.54, 1.807) is 20.8 Å². The lowest BCUT2D eigenvalue weighted by Gasteiger charge is -2.23. The Kier molecular flexibility index (Phi) is 10.5. The van der Waals surface area contributed by atoms with Crippen LogP contribution in [-0.2, 0) is 19.2 Å². The highest BCUT2D eigenvalue weighted by Gasteiger charge is 2.28. The third-order valence-corrected chi connectivity index (χ3v) is 4.00. The fraction of sp³-hybridized carbons (Fsp3) is 0.750. The van der Waals surface area contributed by atoms with Gasteiger partial charge in [-0.1, -0.05) is 34.1 Å². The minimum absolute atomic E-state index is 0.269. The summed E-state index contributed by atoms with van der Waals surface area (Å²) in [7, 11) is 0. The lowest BCUT2D eigenvalue weighted by Crippen LogP contribution is -2.56. The predicted octanol–water partition coefficient (Wildman–Crippen LogP) is -1.82. The van der Waals surface area contributed by atoms with Crippen LogP contribution in [0.2, 0.25) is 0 Å². The van der Waals surface area contributed by atoms with Crippen LogP contribution in [0.1, 0.15) is 34.1 Å². The Morgan fingerprint density at radius 1 is 1.00 bits per heavy atom. The van der Waals surface area contributed by atoms with Crippen molar-refractivity contribution < 1.29 is 29.4 Å². The van der Waals surface area contributed by atoms with Gasteiger partial charge in [0.05, 0.1) is 13.2 Å². The van der Waals surface area contributed by atoms with Crippen LogP contribution in [0.25, 0.3) is 0 Å². The molecule has 0 radical (unpaired) electrons. The smallest absolute Gasteiger partial charge is 0.326 e. The molecule has 0 rings (SSSR count). The molecule has 3 amide bonds. The number of hydrogen-bond acceptors (Lipinski definition) is 6. The Balaban J connectivity index is 4.74. The zero-order valence-electron chi connectivity index (χ0n) is 15.6. The third-order valence-electron chi connectivity index (χ3n) is 4.00. The number of carbonyl (C=O) groups excluding carboxylic acids is 3. The topological polar surface area (TPSA) is 171 Å². The number of aliphatic hydroxyl groups excluding tert-OH is 1. The van der Waals surface area contributed by atoms with E-state index in [0.717, 1.165) is 0 Å². The van der Waals surface area contributed by atoms with Crippen LogP contribution in [0.5, 0.6) is 0 Å². The molecule has 0 fully saturated rings. The maximum Gasteiger partial charge on any atom is 0.326 e. The van der Waals surface area contributed by atoms with Crippen LogP contribution in [-0.4, -0.2) is 65.2 Å². The highest BCUT2D eigenvalue weighted by Crippen LogP contribution is 2.07. The number of nitrogens with one attached hydrogen (secondary N) is 3. The van der Waals surface area contributed by atoms with Crippen molar-refractivity contribution in [2.75, 3.05) is 13.2 Å². The molecule has 0 aromatic heterocycles. The standard InChI is InChI=1S/C16H30N4O6/c1-5-9(4)13(16(25)26)19-11(22)6-18-15(24)12(8(2)3)20-14(23)10(17)7-21/h8-10,12-13,21H,5-7,17H2,1-4H3,(H,18,24)(H,19,22)(H,20,23)(H,25,26). The Bertz CT molecular complexity index is 511. The molecule has 0 bridgehead atoms. The predicted molar refractivity (Wildman–Crippen MR) is 93.9 cm³/mol. The first-order chi connectivity index (χ1) is 12.0. The lowest BCUT2D eigenvalue weighted by molar-refractivity contribution is -0.143. The van der Waals surface area contributed by atoms with Crippen molar-refractivity contribution in [2.45, 2.75) is 52.2 Å². The molecule has 4 atom stereocenters. The van der Waals surface area contributed by atoms with Gasteiger partial charge in [-0.05, 0) is 11.8 Å². The van der Waals surface area contributed by atoms with Crippen molar-refractivity contribution >= 4 is 23.7 Å². The van der Waals surface area contributed by atoms with Gasteiger partial charge in [-0.2, -0.15) is 0 Å². The molecule has 150 valence electrons. The normalized spacial score (nSPS) is 15.5. The summed E-state index contributed by atoms with van der Waals surface area (Å²) in [6, 6.07) is -3.15. The Hall–Kier alpha value is -2.20. The fourth-order valence-electron chi connectivity index (χ4n) is 2.06. The first kappa shape index (κ1) is 23.8. The van der Waals surface area contributed by atoms with E-state index in [2.05, 4.69) is 16.0 Å². The van der Waals surface area contributed by atoms with E-state index in [1.807, 2.05) is 6.92 Å². The molecule has 0 spiro atoms. The number of carboxylic acid groups (broad SMARTS) is 1. The Morgan fingerprint density at radius 3 is 2.00 bits per heavy atom. The van der Waals surface area contributed by atoms with Crippen LogP contribution in [0, 0.1) is 11.8 Å². The van der Waals surface area contributed by atoms with E-state index < -0.39 is 55.0 Å². The van der Waals surface area contributed by atoms with Crippen molar-refractivity contribution in [1.29, 1.82) is 0 Å². The molecule has 0 saturated carbocycles. The Morgan fingerprint density at radius 2 is 1.58 bits per heavy atom.